The second kappa shape index (κ2) is 6.94. The number of thiol groups is 1. The van der Waals surface area contributed by atoms with Crippen LogP contribution in [-0.4, -0.2) is 60.4 Å². The Morgan fingerprint density at radius 2 is 2.29 bits per heavy atom. The van der Waals surface area contributed by atoms with E-state index in [0.717, 1.165) is 0 Å². The first-order valence-electron chi connectivity index (χ1n) is 5.59. The predicted octanol–water partition coefficient (Wildman–Crippen LogP) is 0.387. The van der Waals surface area contributed by atoms with Gasteiger partial charge in [-0.25, -0.2) is 0 Å². The average molecular weight is 275 g/mol. The van der Waals surface area contributed by atoms with Crippen molar-refractivity contribution < 1.29 is 14.5 Å². The fourth-order valence-corrected chi connectivity index (χ4v) is 2.41. The first kappa shape index (κ1) is 15.2. The van der Waals surface area contributed by atoms with Crippen LogP contribution in [0, 0.1) is 5.92 Å². The number of hydrogen-bond acceptors (Lipinski definition) is 5. The molecule has 4 nitrogen and oxygen atoms in total. The zero-order chi connectivity index (χ0) is 13.0. The van der Waals surface area contributed by atoms with Crippen LogP contribution in [0.25, 0.3) is 0 Å². The van der Waals surface area contributed by atoms with Crippen molar-refractivity contribution in [1.82, 2.24) is 4.90 Å². The highest BCUT2D eigenvalue weighted by molar-refractivity contribution is 8.10. The van der Waals surface area contributed by atoms with Crippen molar-refractivity contribution in [3.05, 3.63) is 0 Å². The molecule has 1 N–H and O–H groups in total. The highest BCUT2D eigenvalue weighted by Gasteiger charge is 2.33. The van der Waals surface area contributed by atoms with Gasteiger partial charge in [0.15, 0.2) is 0 Å². The maximum atomic E-state index is 9.89. The lowest BCUT2D eigenvalue weighted by molar-refractivity contribution is -0.0479. The van der Waals surface area contributed by atoms with E-state index < -0.39 is 6.10 Å². The summed E-state index contributed by atoms with van der Waals surface area (Å²) >= 11 is 8.68. The van der Waals surface area contributed by atoms with Crippen molar-refractivity contribution in [3.63, 3.8) is 0 Å². The van der Waals surface area contributed by atoms with Crippen LogP contribution in [0.3, 0.4) is 0 Å². The molecule has 2 radical (unpaired) electrons. The van der Waals surface area contributed by atoms with Gasteiger partial charge in [-0.2, -0.15) is 0 Å². The van der Waals surface area contributed by atoms with E-state index in [4.69, 9.17) is 29.7 Å². The second-order valence-corrected chi connectivity index (χ2v) is 5.59. The average Bonchev–Trinajstić information content (AvgIpc) is 2.21. The van der Waals surface area contributed by atoms with Crippen LogP contribution < -0.4 is 0 Å². The Labute approximate surface area is 114 Å². The number of likely N-dealkylation sites (tertiary alicyclic amines) is 1. The Morgan fingerprint density at radius 3 is 2.82 bits per heavy atom. The Morgan fingerprint density at radius 1 is 1.65 bits per heavy atom. The second-order valence-electron chi connectivity index (χ2n) is 4.51. The minimum absolute atomic E-state index is 0.0402. The van der Waals surface area contributed by atoms with E-state index in [0.29, 0.717) is 19.6 Å². The maximum absolute atomic E-state index is 9.89. The molecule has 1 rings (SSSR count). The number of rotatable bonds is 4. The first-order valence-corrected chi connectivity index (χ1v) is 6.45. The van der Waals surface area contributed by atoms with Gasteiger partial charge in [0.25, 0.3) is 8.05 Å². The van der Waals surface area contributed by atoms with E-state index in [9.17, 15) is 5.11 Å². The molecule has 1 aliphatic heterocycles. The minimum atomic E-state index is -0.438. The molecule has 0 aliphatic carbocycles. The molecule has 7 heteroatoms. The van der Waals surface area contributed by atoms with Gasteiger partial charge in [-0.1, -0.05) is 19.6 Å². The standard InChI is InChI=1S/C10H18BNO3S2/c1-6(14-10(16)17)3-12-4-8(13)7(2)9(5-12)15-11/h6-9,13H,3-5H2,1-2H3,(H,16,17). The Bertz CT molecular complexity index is 270. The summed E-state index contributed by atoms with van der Waals surface area (Å²) in [7, 11) is 5.23. The molecule has 96 valence electrons. The minimum Gasteiger partial charge on any atom is -0.474 e. The van der Waals surface area contributed by atoms with Crippen molar-refractivity contribution in [2.75, 3.05) is 19.6 Å². The quantitative estimate of drug-likeness (QED) is 0.441. The largest absolute Gasteiger partial charge is 0.474 e. The van der Waals surface area contributed by atoms with E-state index >= 15 is 0 Å². The number of ether oxygens (including phenoxy) is 1. The number of thiocarbonyl (C=S) groups is 1. The SMILES string of the molecule is [B]OC1CN(CC(C)OC(=S)S)CC(O)C1C. The maximum Gasteiger partial charge on any atom is 0.283 e. The van der Waals surface area contributed by atoms with Gasteiger partial charge in [0.2, 0.25) is 4.38 Å². The molecule has 0 saturated carbocycles. The molecule has 0 bridgehead atoms. The molecule has 4 atom stereocenters. The van der Waals surface area contributed by atoms with E-state index in [1.807, 2.05) is 13.8 Å². The summed E-state index contributed by atoms with van der Waals surface area (Å²) in [5, 5.41) is 9.89. The lowest BCUT2D eigenvalue weighted by atomic mass is 9.92. The molecule has 0 amide bonds. The summed E-state index contributed by atoms with van der Waals surface area (Å²) in [5.41, 5.74) is 0. The van der Waals surface area contributed by atoms with Crippen LogP contribution in [0.2, 0.25) is 0 Å². The highest BCUT2D eigenvalue weighted by Crippen LogP contribution is 2.20. The molecule has 0 aromatic carbocycles. The molecule has 0 spiro atoms. The molecule has 1 fully saturated rings. The topological polar surface area (TPSA) is 41.9 Å². The third-order valence-corrected chi connectivity index (χ3v) is 3.27. The monoisotopic (exact) mass is 275 g/mol. The van der Waals surface area contributed by atoms with Gasteiger partial charge in [-0.05, 0) is 19.1 Å². The molecule has 17 heavy (non-hydrogen) atoms. The zero-order valence-electron chi connectivity index (χ0n) is 10.1. The third kappa shape index (κ3) is 4.75. The van der Waals surface area contributed by atoms with Crippen molar-refractivity contribution in [2.24, 2.45) is 5.92 Å². The van der Waals surface area contributed by atoms with Gasteiger partial charge < -0.3 is 14.5 Å². The van der Waals surface area contributed by atoms with Crippen LogP contribution in [-0.2, 0) is 9.39 Å². The molecule has 4 unspecified atom stereocenters. The lowest BCUT2D eigenvalue weighted by Crippen LogP contribution is -2.53. The van der Waals surface area contributed by atoms with E-state index in [2.05, 4.69) is 17.5 Å². The van der Waals surface area contributed by atoms with Gasteiger partial charge in [0.05, 0.1) is 12.2 Å². The first-order chi connectivity index (χ1) is 7.93. The number of aliphatic hydroxyl groups is 1. The Kier molecular flexibility index (Phi) is 6.23. The molecular formula is C10H18BNO3S2. The molecular weight excluding hydrogens is 257 g/mol. The van der Waals surface area contributed by atoms with Crippen LogP contribution in [0.5, 0.6) is 0 Å². The van der Waals surface area contributed by atoms with Gasteiger partial charge >= 0.3 is 0 Å². The summed E-state index contributed by atoms with van der Waals surface area (Å²) in [6.07, 6.45) is -0.666. The van der Waals surface area contributed by atoms with Gasteiger partial charge in [-0.15, -0.1) is 0 Å². The lowest BCUT2D eigenvalue weighted by Gasteiger charge is -2.40. The van der Waals surface area contributed by atoms with Gasteiger partial charge in [0, 0.05) is 25.6 Å². The fourth-order valence-electron chi connectivity index (χ4n) is 2.06. The van der Waals surface area contributed by atoms with Crippen molar-refractivity contribution >= 4 is 37.3 Å². The van der Waals surface area contributed by atoms with E-state index in [1.54, 1.807) is 0 Å². The van der Waals surface area contributed by atoms with Crippen molar-refractivity contribution in [2.45, 2.75) is 32.2 Å². The van der Waals surface area contributed by atoms with Gasteiger partial charge in [-0.3, -0.25) is 4.90 Å². The summed E-state index contributed by atoms with van der Waals surface area (Å²) in [6, 6.07) is 0. The zero-order valence-corrected chi connectivity index (χ0v) is 11.8. The van der Waals surface area contributed by atoms with E-state index in [1.165, 1.54) is 0 Å². The smallest absolute Gasteiger partial charge is 0.283 e. The van der Waals surface area contributed by atoms with Crippen molar-refractivity contribution in [3.8, 4) is 0 Å². The summed E-state index contributed by atoms with van der Waals surface area (Å²) < 4.78 is 10.4. The number of β-amino-alcohol motifs (C(OH)–C–C–N with tert-alkyl or cyclic N) is 1. The third-order valence-electron chi connectivity index (χ3n) is 3.07. The highest BCUT2D eigenvalue weighted by atomic mass is 32.1. The van der Waals surface area contributed by atoms with Crippen LogP contribution >= 0.6 is 24.8 Å². The van der Waals surface area contributed by atoms with Crippen LogP contribution in [0.1, 0.15) is 13.8 Å². The summed E-state index contributed by atoms with van der Waals surface area (Å²) in [6.45, 7) is 5.77. The van der Waals surface area contributed by atoms with Crippen molar-refractivity contribution in [1.29, 1.82) is 0 Å². The molecule has 0 aromatic heterocycles. The summed E-state index contributed by atoms with van der Waals surface area (Å²) in [4.78, 5) is 2.05. The van der Waals surface area contributed by atoms with Gasteiger partial charge in [0.1, 0.15) is 6.10 Å². The predicted molar refractivity (Wildman–Crippen MR) is 74.4 cm³/mol. The van der Waals surface area contributed by atoms with Crippen LogP contribution in [0.4, 0.5) is 0 Å². The fraction of sp³-hybridized carbons (Fsp3) is 0.900. The molecule has 1 heterocycles. The summed E-state index contributed by atoms with van der Waals surface area (Å²) in [5.74, 6) is 0.0402. The number of aliphatic hydroxyl groups excluding tert-OH is 1. The Balaban J connectivity index is 2.46. The molecule has 1 saturated heterocycles. The normalized spacial score (nSPS) is 32.1. The van der Waals surface area contributed by atoms with E-state index in [-0.39, 0.29) is 22.5 Å². The Hall–Kier alpha value is 0.185. The van der Waals surface area contributed by atoms with Crippen LogP contribution in [0.15, 0.2) is 0 Å². The number of hydrogen-bond donors (Lipinski definition) is 2. The molecule has 1 aliphatic rings. The molecule has 0 aromatic rings. The number of piperidine rings is 1. The number of nitrogens with zero attached hydrogens (tertiary/aromatic N) is 1.